The molecule has 2 heterocycles. The number of anilines is 2. The van der Waals surface area contributed by atoms with Gasteiger partial charge in [0.05, 0.1) is 22.6 Å². The predicted molar refractivity (Wildman–Crippen MR) is 92.2 cm³/mol. The minimum Gasteiger partial charge on any atom is -0.492 e. The molecule has 0 saturated heterocycles. The molecular formula is C16H12ClF3N4O2. The molecule has 6 nitrogen and oxygen atoms in total. The van der Waals surface area contributed by atoms with E-state index in [0.29, 0.717) is 17.1 Å². The van der Waals surface area contributed by atoms with Crippen LogP contribution in [0.3, 0.4) is 0 Å². The molecule has 2 aromatic rings. The van der Waals surface area contributed by atoms with E-state index < -0.39 is 11.7 Å². The number of benzene rings is 2. The highest BCUT2D eigenvalue weighted by atomic mass is 35.5. The number of nitrogens with zero attached hydrogens (tertiary/aromatic N) is 3. The van der Waals surface area contributed by atoms with Crippen LogP contribution in [-0.2, 0) is 6.18 Å². The number of aliphatic hydroxyl groups excluding tert-OH is 1. The smallest absolute Gasteiger partial charge is 0.416 e. The lowest BCUT2D eigenvalue weighted by Gasteiger charge is -2.27. The molecule has 2 aliphatic heterocycles. The fourth-order valence-corrected chi connectivity index (χ4v) is 2.91. The maximum absolute atomic E-state index is 12.7. The highest BCUT2D eigenvalue weighted by Gasteiger charge is 2.37. The van der Waals surface area contributed by atoms with E-state index >= 15 is 0 Å². The summed E-state index contributed by atoms with van der Waals surface area (Å²) in [5, 5.41) is 13.3. The molecule has 0 aromatic heterocycles. The van der Waals surface area contributed by atoms with Gasteiger partial charge in [0, 0.05) is 0 Å². The molecule has 4 N–H and O–H groups in total. The summed E-state index contributed by atoms with van der Waals surface area (Å²) in [6, 6.07) is 11.5. The second kappa shape index (κ2) is 6.20. The number of nitrogens with one attached hydrogen (secondary N) is 1. The number of hydrazine groups is 2. The number of allylic oxidation sites excluding steroid dienone is 1. The topological polar surface area (TPSA) is 82.6 Å². The van der Waals surface area contributed by atoms with Crippen LogP contribution in [0.15, 0.2) is 65.1 Å². The van der Waals surface area contributed by atoms with E-state index in [2.05, 4.69) is 10.5 Å². The zero-order valence-electron chi connectivity index (χ0n) is 12.9. The Hall–Kier alpha value is -2.75. The van der Waals surface area contributed by atoms with Crippen LogP contribution in [0.25, 0.3) is 0 Å². The van der Waals surface area contributed by atoms with Crippen LogP contribution in [0.4, 0.5) is 30.2 Å². The molecule has 0 fully saturated rings. The quantitative estimate of drug-likeness (QED) is 0.786. The standard InChI is InChI=1S/C16H10ClF3N4O.H2O/c17-14-13-15(25)23(10-7-5-9(6-8-10)16(18,19)20)22-24(13)12-4-2-1-3-11(12)21-14;/h1-8,22,25H;1H2. The van der Waals surface area contributed by atoms with Crippen LogP contribution in [0.2, 0.25) is 0 Å². The largest absolute Gasteiger partial charge is 0.492 e. The highest BCUT2D eigenvalue weighted by Crippen LogP contribution is 2.40. The third-order valence-corrected chi connectivity index (χ3v) is 4.10. The van der Waals surface area contributed by atoms with E-state index in [1.807, 2.05) is 0 Å². The van der Waals surface area contributed by atoms with E-state index in [9.17, 15) is 18.3 Å². The van der Waals surface area contributed by atoms with Crippen LogP contribution in [-0.4, -0.2) is 15.8 Å². The summed E-state index contributed by atoms with van der Waals surface area (Å²) in [5.74, 6) is -0.261. The van der Waals surface area contributed by atoms with Crippen molar-refractivity contribution in [2.45, 2.75) is 6.18 Å². The molecule has 0 unspecified atom stereocenters. The molecule has 0 spiro atoms. The maximum Gasteiger partial charge on any atom is 0.416 e. The first-order valence-electron chi connectivity index (χ1n) is 7.17. The Morgan fingerprint density at radius 3 is 2.31 bits per heavy atom. The van der Waals surface area contributed by atoms with Gasteiger partial charge in [-0.1, -0.05) is 23.7 Å². The third kappa shape index (κ3) is 2.75. The molecule has 0 radical (unpaired) electrons. The van der Waals surface area contributed by atoms with E-state index in [0.717, 1.165) is 12.1 Å². The van der Waals surface area contributed by atoms with Gasteiger partial charge < -0.3 is 10.6 Å². The maximum atomic E-state index is 12.7. The molecular weight excluding hydrogens is 373 g/mol. The molecule has 0 aliphatic carbocycles. The number of hydrogen-bond acceptors (Lipinski definition) is 5. The van der Waals surface area contributed by atoms with Crippen molar-refractivity contribution in [2.75, 3.05) is 10.0 Å². The van der Waals surface area contributed by atoms with Gasteiger partial charge in [-0.3, -0.25) is 0 Å². The van der Waals surface area contributed by atoms with Crippen LogP contribution in [0.1, 0.15) is 5.56 Å². The fraction of sp³-hybridized carbons (Fsp3) is 0.0625. The number of aliphatic imine (C=N–C) groups is 1. The molecule has 0 amide bonds. The molecule has 10 heteroatoms. The Bertz CT molecular complexity index is 912. The molecule has 2 aromatic carbocycles. The van der Waals surface area contributed by atoms with E-state index in [4.69, 9.17) is 11.6 Å². The van der Waals surface area contributed by atoms with Crippen molar-refractivity contribution in [1.82, 2.24) is 5.53 Å². The zero-order valence-corrected chi connectivity index (χ0v) is 13.7. The summed E-state index contributed by atoms with van der Waals surface area (Å²) in [6.45, 7) is 0. The third-order valence-electron chi connectivity index (χ3n) is 3.84. The van der Waals surface area contributed by atoms with E-state index in [1.165, 1.54) is 22.2 Å². The second-order valence-electron chi connectivity index (χ2n) is 5.38. The first kappa shape index (κ1) is 18.1. The van der Waals surface area contributed by atoms with Gasteiger partial charge in [0.2, 0.25) is 5.88 Å². The monoisotopic (exact) mass is 384 g/mol. The predicted octanol–water partition coefficient (Wildman–Crippen LogP) is 3.64. The Balaban J connectivity index is 0.00000196. The van der Waals surface area contributed by atoms with Gasteiger partial charge in [-0.2, -0.15) is 13.2 Å². The SMILES string of the molecule is O.OC1=C2C(Cl)=Nc3ccccc3N2NN1c1ccc(C(F)(F)F)cc1. The van der Waals surface area contributed by atoms with Gasteiger partial charge >= 0.3 is 6.18 Å². The first-order chi connectivity index (χ1) is 11.9. The summed E-state index contributed by atoms with van der Waals surface area (Å²) in [7, 11) is 0. The van der Waals surface area contributed by atoms with Gasteiger partial charge in [-0.15, -0.1) is 5.53 Å². The molecule has 0 atom stereocenters. The first-order valence-corrected chi connectivity index (χ1v) is 7.55. The van der Waals surface area contributed by atoms with Crippen molar-refractivity contribution in [3.63, 3.8) is 0 Å². The normalized spacial score (nSPS) is 16.1. The van der Waals surface area contributed by atoms with Crippen molar-refractivity contribution in [2.24, 2.45) is 4.99 Å². The average molecular weight is 385 g/mol. The fourth-order valence-electron chi connectivity index (χ4n) is 2.65. The lowest BCUT2D eigenvalue weighted by Crippen LogP contribution is -2.43. The number of fused-ring (bicyclic) bond motifs is 3. The van der Waals surface area contributed by atoms with Crippen molar-refractivity contribution < 1.29 is 23.8 Å². The van der Waals surface area contributed by atoms with Gasteiger partial charge in [-0.05, 0) is 36.4 Å². The van der Waals surface area contributed by atoms with Gasteiger partial charge in [0.1, 0.15) is 0 Å². The molecule has 0 bridgehead atoms. The number of para-hydroxylation sites is 2. The molecule has 26 heavy (non-hydrogen) atoms. The number of hydrogen-bond donors (Lipinski definition) is 2. The van der Waals surface area contributed by atoms with Crippen LogP contribution in [0.5, 0.6) is 0 Å². The Morgan fingerprint density at radius 1 is 1.00 bits per heavy atom. The summed E-state index contributed by atoms with van der Waals surface area (Å²) in [4.78, 5) is 4.22. The van der Waals surface area contributed by atoms with Crippen LogP contribution in [0, 0.1) is 0 Å². The summed E-state index contributed by atoms with van der Waals surface area (Å²) >= 11 is 6.15. The number of rotatable bonds is 1. The minimum absolute atomic E-state index is 0. The van der Waals surface area contributed by atoms with E-state index in [-0.39, 0.29) is 22.2 Å². The highest BCUT2D eigenvalue weighted by molar-refractivity contribution is 6.70. The summed E-state index contributed by atoms with van der Waals surface area (Å²) < 4.78 is 38.1. The molecule has 136 valence electrons. The number of alkyl halides is 3. The van der Waals surface area contributed by atoms with Crippen molar-refractivity contribution in [3.8, 4) is 0 Å². The molecule has 4 rings (SSSR count). The summed E-state index contributed by atoms with van der Waals surface area (Å²) in [6.07, 6.45) is -4.43. The lowest BCUT2D eigenvalue weighted by molar-refractivity contribution is -0.137. The van der Waals surface area contributed by atoms with Crippen molar-refractivity contribution in [1.29, 1.82) is 0 Å². The second-order valence-corrected chi connectivity index (χ2v) is 5.74. The number of halogens is 4. The molecule has 2 aliphatic rings. The lowest BCUT2D eigenvalue weighted by atomic mass is 10.2. The van der Waals surface area contributed by atoms with Gasteiger partial charge in [-0.25, -0.2) is 15.0 Å². The van der Waals surface area contributed by atoms with Crippen molar-refractivity contribution >= 4 is 33.8 Å². The Labute approximate surface area is 150 Å². The zero-order chi connectivity index (χ0) is 17.8. The van der Waals surface area contributed by atoms with E-state index in [1.54, 1.807) is 24.3 Å². The number of aliphatic hydroxyl groups is 1. The minimum atomic E-state index is -4.43. The van der Waals surface area contributed by atoms with Crippen molar-refractivity contribution in [3.05, 3.63) is 65.7 Å². The summed E-state index contributed by atoms with van der Waals surface area (Å²) in [5.41, 5.74) is 3.92. The van der Waals surface area contributed by atoms with Gasteiger partial charge in [0.25, 0.3) is 0 Å². The average Bonchev–Trinajstić information content (AvgIpc) is 2.93. The Kier molecular flexibility index (Phi) is 4.31. The van der Waals surface area contributed by atoms with Crippen LogP contribution < -0.4 is 15.6 Å². The van der Waals surface area contributed by atoms with Crippen LogP contribution >= 0.6 is 11.6 Å². The molecule has 0 saturated carbocycles. The Morgan fingerprint density at radius 2 is 1.65 bits per heavy atom. The van der Waals surface area contributed by atoms with Gasteiger partial charge in [0.15, 0.2) is 10.9 Å².